The van der Waals surface area contributed by atoms with Gasteiger partial charge in [0.2, 0.25) is 0 Å². The highest BCUT2D eigenvalue weighted by atomic mass is 32.2. The van der Waals surface area contributed by atoms with Gasteiger partial charge < -0.3 is 19.9 Å². The summed E-state index contributed by atoms with van der Waals surface area (Å²) in [6, 6.07) is -0.932. The molecule has 0 aromatic heterocycles. The van der Waals surface area contributed by atoms with Crippen molar-refractivity contribution in [2.24, 2.45) is 5.92 Å². The summed E-state index contributed by atoms with van der Waals surface area (Å²) in [6.07, 6.45) is -0.353. The molecule has 1 amide bonds. The van der Waals surface area contributed by atoms with E-state index in [9.17, 15) is 9.59 Å². The van der Waals surface area contributed by atoms with Crippen molar-refractivity contribution < 1.29 is 24.2 Å². The minimum Gasteiger partial charge on any atom is -0.480 e. The number of aliphatic carboxylic acids is 1. The minimum absolute atomic E-state index is 0.351. The average Bonchev–Trinajstić information content (AvgIpc) is 2.33. The van der Waals surface area contributed by atoms with Crippen LogP contribution in [0.25, 0.3) is 0 Å². The fourth-order valence-corrected chi connectivity index (χ4v) is 2.29. The van der Waals surface area contributed by atoms with Crippen molar-refractivity contribution in [1.82, 2.24) is 5.32 Å². The van der Waals surface area contributed by atoms with E-state index in [2.05, 4.69) is 19.2 Å². The van der Waals surface area contributed by atoms with Crippen LogP contribution in [0.1, 0.15) is 41.0 Å². The number of alkyl carbamates (subject to hydrolysis) is 1. The maximum Gasteiger partial charge on any atom is 0.408 e. The summed E-state index contributed by atoms with van der Waals surface area (Å²) in [5.41, 5.74) is -0.643. The number of carbonyl (C=O) groups is 2. The molecule has 1 unspecified atom stereocenters. The van der Waals surface area contributed by atoms with Crippen LogP contribution in [0.4, 0.5) is 4.79 Å². The molecular formula is C15H29NO5S. The highest BCUT2D eigenvalue weighted by molar-refractivity contribution is 7.99. The summed E-state index contributed by atoms with van der Waals surface area (Å²) >= 11 is 1.61. The van der Waals surface area contributed by atoms with E-state index in [4.69, 9.17) is 14.6 Å². The number of nitrogens with one attached hydrogen (secondary N) is 1. The lowest BCUT2D eigenvalue weighted by Gasteiger charge is -2.21. The Morgan fingerprint density at radius 2 is 1.86 bits per heavy atom. The fraction of sp³-hybridized carbons (Fsp3) is 0.867. The van der Waals surface area contributed by atoms with Gasteiger partial charge in [-0.25, -0.2) is 9.59 Å². The Morgan fingerprint density at radius 1 is 1.23 bits per heavy atom. The zero-order valence-electron chi connectivity index (χ0n) is 14.2. The van der Waals surface area contributed by atoms with E-state index in [1.165, 1.54) is 0 Å². The van der Waals surface area contributed by atoms with Crippen molar-refractivity contribution >= 4 is 23.8 Å². The first kappa shape index (κ1) is 21.0. The highest BCUT2D eigenvalue weighted by Gasteiger charge is 2.23. The van der Waals surface area contributed by atoms with Gasteiger partial charge in [0, 0.05) is 12.4 Å². The van der Waals surface area contributed by atoms with E-state index in [-0.39, 0.29) is 0 Å². The van der Waals surface area contributed by atoms with Gasteiger partial charge in [-0.2, -0.15) is 11.8 Å². The molecule has 22 heavy (non-hydrogen) atoms. The van der Waals surface area contributed by atoms with Gasteiger partial charge in [-0.1, -0.05) is 13.8 Å². The van der Waals surface area contributed by atoms with Crippen LogP contribution < -0.4 is 5.32 Å². The van der Waals surface area contributed by atoms with Crippen LogP contribution >= 0.6 is 11.8 Å². The van der Waals surface area contributed by atoms with E-state index in [1.807, 2.05) is 0 Å². The normalized spacial score (nSPS) is 13.0. The topological polar surface area (TPSA) is 84.9 Å². The zero-order valence-corrected chi connectivity index (χ0v) is 15.0. The standard InChI is InChI=1S/C15H29NO5S/c1-11(2)10-20-7-9-22-8-6-12(13(17)18)16-14(19)21-15(3,4)5/h11-12H,6-10H2,1-5H3,(H,16,19)(H,17,18). The molecule has 0 aliphatic rings. The summed E-state index contributed by atoms with van der Waals surface area (Å²) < 4.78 is 10.5. The van der Waals surface area contributed by atoms with Gasteiger partial charge in [-0.05, 0) is 38.9 Å². The Bertz CT molecular complexity index is 341. The van der Waals surface area contributed by atoms with E-state index in [0.717, 1.165) is 12.4 Å². The Morgan fingerprint density at radius 3 is 2.36 bits per heavy atom. The third-order valence-corrected chi connectivity index (χ3v) is 3.34. The quantitative estimate of drug-likeness (QED) is 0.597. The van der Waals surface area contributed by atoms with Gasteiger partial charge in [0.1, 0.15) is 11.6 Å². The number of carboxylic acids is 1. The predicted molar refractivity (Wildman–Crippen MR) is 88.4 cm³/mol. The Balaban J connectivity index is 3.91. The number of amides is 1. The molecule has 0 fully saturated rings. The molecule has 0 aliphatic carbocycles. The largest absolute Gasteiger partial charge is 0.480 e. The maximum absolute atomic E-state index is 11.6. The van der Waals surface area contributed by atoms with E-state index in [1.54, 1.807) is 32.5 Å². The number of hydrogen-bond acceptors (Lipinski definition) is 5. The van der Waals surface area contributed by atoms with Crippen molar-refractivity contribution in [2.45, 2.75) is 52.7 Å². The van der Waals surface area contributed by atoms with Crippen LogP contribution in [0, 0.1) is 5.92 Å². The molecule has 0 spiro atoms. The molecule has 0 saturated carbocycles. The Labute approximate surface area is 137 Å². The molecule has 6 nitrogen and oxygen atoms in total. The lowest BCUT2D eigenvalue weighted by atomic mass is 10.2. The van der Waals surface area contributed by atoms with Crippen LogP contribution in [0.3, 0.4) is 0 Å². The summed E-state index contributed by atoms with van der Waals surface area (Å²) in [4.78, 5) is 22.7. The van der Waals surface area contributed by atoms with E-state index < -0.39 is 23.7 Å². The first-order valence-corrected chi connectivity index (χ1v) is 8.65. The number of rotatable bonds is 10. The molecule has 0 aromatic carbocycles. The molecule has 0 radical (unpaired) electrons. The van der Waals surface area contributed by atoms with Crippen molar-refractivity contribution in [3.8, 4) is 0 Å². The first-order valence-electron chi connectivity index (χ1n) is 7.49. The van der Waals surface area contributed by atoms with Gasteiger partial charge in [-0.15, -0.1) is 0 Å². The lowest BCUT2D eigenvalue weighted by Crippen LogP contribution is -2.43. The molecule has 0 bridgehead atoms. The second-order valence-electron chi connectivity index (χ2n) is 6.41. The van der Waals surface area contributed by atoms with Crippen LogP contribution in [0.15, 0.2) is 0 Å². The van der Waals surface area contributed by atoms with Crippen LogP contribution in [-0.4, -0.2) is 53.5 Å². The van der Waals surface area contributed by atoms with Crippen LogP contribution in [0.5, 0.6) is 0 Å². The van der Waals surface area contributed by atoms with Gasteiger partial charge >= 0.3 is 12.1 Å². The molecule has 1 atom stereocenters. The number of carbonyl (C=O) groups excluding carboxylic acids is 1. The van der Waals surface area contributed by atoms with Crippen molar-refractivity contribution in [3.05, 3.63) is 0 Å². The molecule has 0 rings (SSSR count). The molecule has 0 aliphatic heterocycles. The molecule has 2 N–H and O–H groups in total. The first-order chi connectivity index (χ1) is 10.1. The summed E-state index contributed by atoms with van der Waals surface area (Å²) in [5.74, 6) is 0.908. The SMILES string of the molecule is CC(C)COCCSCCC(NC(=O)OC(C)(C)C)C(=O)O. The van der Waals surface area contributed by atoms with Crippen molar-refractivity contribution in [1.29, 1.82) is 0 Å². The van der Waals surface area contributed by atoms with Gasteiger partial charge in [0.15, 0.2) is 0 Å². The Hall–Kier alpha value is -0.950. The number of ether oxygens (including phenoxy) is 2. The molecule has 0 aromatic rings. The second-order valence-corrected chi connectivity index (χ2v) is 7.63. The molecule has 0 saturated heterocycles. The van der Waals surface area contributed by atoms with Crippen molar-refractivity contribution in [3.63, 3.8) is 0 Å². The zero-order chi connectivity index (χ0) is 17.2. The third-order valence-electron chi connectivity index (χ3n) is 2.36. The minimum atomic E-state index is -1.05. The average molecular weight is 335 g/mol. The van der Waals surface area contributed by atoms with Gasteiger partial charge in [0.05, 0.1) is 6.61 Å². The summed E-state index contributed by atoms with van der Waals surface area (Å²) in [5, 5.41) is 11.5. The Kier molecular flexibility index (Phi) is 10.3. The number of thioether (sulfide) groups is 1. The maximum atomic E-state index is 11.6. The molecule has 7 heteroatoms. The highest BCUT2D eigenvalue weighted by Crippen LogP contribution is 2.09. The molecule has 0 heterocycles. The smallest absolute Gasteiger partial charge is 0.408 e. The van der Waals surface area contributed by atoms with Crippen LogP contribution in [0.2, 0.25) is 0 Å². The van der Waals surface area contributed by atoms with Crippen LogP contribution in [-0.2, 0) is 14.3 Å². The summed E-state index contributed by atoms with van der Waals surface area (Å²) in [6.45, 7) is 10.8. The molecular weight excluding hydrogens is 306 g/mol. The van der Waals surface area contributed by atoms with E-state index >= 15 is 0 Å². The van der Waals surface area contributed by atoms with Gasteiger partial charge in [0.25, 0.3) is 0 Å². The molecule has 130 valence electrons. The van der Waals surface area contributed by atoms with Gasteiger partial charge in [-0.3, -0.25) is 0 Å². The number of hydrogen-bond donors (Lipinski definition) is 2. The number of carboxylic acid groups (broad SMARTS) is 1. The lowest BCUT2D eigenvalue weighted by molar-refractivity contribution is -0.139. The fourth-order valence-electron chi connectivity index (χ4n) is 1.45. The predicted octanol–water partition coefficient (Wildman–Crippen LogP) is 2.76. The monoisotopic (exact) mass is 335 g/mol. The second kappa shape index (κ2) is 10.7. The van der Waals surface area contributed by atoms with Crippen molar-refractivity contribution in [2.75, 3.05) is 24.7 Å². The third kappa shape index (κ3) is 12.8. The van der Waals surface area contributed by atoms with E-state index in [0.29, 0.717) is 24.7 Å². The summed E-state index contributed by atoms with van der Waals surface area (Å²) in [7, 11) is 0.